The number of piperidine rings is 1. The van der Waals surface area contributed by atoms with E-state index in [0.29, 0.717) is 26.8 Å². The van der Waals surface area contributed by atoms with E-state index in [2.05, 4.69) is 23.7 Å². The first-order valence-corrected chi connectivity index (χ1v) is 9.26. The summed E-state index contributed by atoms with van der Waals surface area (Å²) >= 11 is 12.5. The number of hydrogen-bond acceptors (Lipinski definition) is 4. The molecule has 0 atom stereocenters. The fourth-order valence-corrected chi connectivity index (χ4v) is 3.56. The number of benzene rings is 1. The lowest BCUT2D eigenvalue weighted by Crippen LogP contribution is -2.38. The van der Waals surface area contributed by atoms with Crippen molar-refractivity contribution in [2.75, 3.05) is 18.0 Å². The third-order valence-electron chi connectivity index (χ3n) is 4.89. The fraction of sp³-hybridized carbons (Fsp3) is 0.474. The van der Waals surface area contributed by atoms with E-state index in [1.807, 2.05) is 19.1 Å². The van der Waals surface area contributed by atoms with Crippen molar-refractivity contribution in [3.63, 3.8) is 0 Å². The van der Waals surface area contributed by atoms with Crippen molar-refractivity contribution in [2.45, 2.75) is 40.2 Å². The highest BCUT2D eigenvalue weighted by Gasteiger charge is 2.28. The molecule has 25 heavy (non-hydrogen) atoms. The summed E-state index contributed by atoms with van der Waals surface area (Å²) in [7, 11) is 0. The quantitative estimate of drug-likeness (QED) is 0.825. The predicted octanol–water partition coefficient (Wildman–Crippen LogP) is 4.88. The molecule has 0 spiro atoms. The van der Waals surface area contributed by atoms with Gasteiger partial charge in [-0.15, -0.1) is 0 Å². The normalized spacial score (nSPS) is 17.0. The number of nitrogens with zero attached hydrogens (tertiary/aromatic N) is 3. The molecule has 4 nitrogen and oxygen atoms in total. The molecule has 1 aliphatic heterocycles. The van der Waals surface area contributed by atoms with Gasteiger partial charge >= 0.3 is 0 Å². The van der Waals surface area contributed by atoms with Crippen molar-refractivity contribution >= 4 is 29.0 Å². The first-order chi connectivity index (χ1) is 11.8. The van der Waals surface area contributed by atoms with Gasteiger partial charge in [0.2, 0.25) is 0 Å². The van der Waals surface area contributed by atoms with Crippen LogP contribution in [0.2, 0.25) is 10.0 Å². The van der Waals surface area contributed by atoms with Crippen LogP contribution in [0.4, 0.5) is 5.82 Å². The molecule has 1 aliphatic rings. The Morgan fingerprint density at radius 3 is 2.48 bits per heavy atom. The molecular weight excluding hydrogens is 357 g/mol. The number of aliphatic hydroxyl groups excluding tert-OH is 1. The third-order valence-corrected chi connectivity index (χ3v) is 5.71. The van der Waals surface area contributed by atoms with E-state index in [0.717, 1.165) is 43.0 Å². The summed E-state index contributed by atoms with van der Waals surface area (Å²) in [5.41, 5.74) is 3.11. The molecule has 6 heteroatoms. The van der Waals surface area contributed by atoms with Crippen LogP contribution in [0.25, 0.3) is 11.3 Å². The van der Waals surface area contributed by atoms with E-state index in [-0.39, 0.29) is 6.61 Å². The number of aryl methyl sites for hydroxylation is 1. The lowest BCUT2D eigenvalue weighted by molar-refractivity contribution is 0.268. The van der Waals surface area contributed by atoms with Gasteiger partial charge in [0.05, 0.1) is 28.0 Å². The second-order valence-corrected chi connectivity index (χ2v) is 8.12. The zero-order valence-corrected chi connectivity index (χ0v) is 16.3. The molecular formula is C19H23Cl2N3O. The Labute approximate surface area is 158 Å². The van der Waals surface area contributed by atoms with E-state index >= 15 is 0 Å². The van der Waals surface area contributed by atoms with Gasteiger partial charge in [-0.1, -0.05) is 49.2 Å². The van der Waals surface area contributed by atoms with Gasteiger partial charge in [-0.25, -0.2) is 9.97 Å². The Morgan fingerprint density at radius 1 is 1.16 bits per heavy atom. The maximum Gasteiger partial charge on any atom is 0.153 e. The number of halogens is 2. The highest BCUT2D eigenvalue weighted by atomic mass is 35.5. The molecule has 0 radical (unpaired) electrons. The van der Waals surface area contributed by atoms with Crippen LogP contribution >= 0.6 is 23.2 Å². The second kappa shape index (κ2) is 7.10. The average Bonchev–Trinajstić information content (AvgIpc) is 2.57. The van der Waals surface area contributed by atoms with Crippen LogP contribution in [0.1, 0.15) is 38.1 Å². The Kier molecular flexibility index (Phi) is 5.24. The predicted molar refractivity (Wildman–Crippen MR) is 103 cm³/mol. The Bertz CT molecular complexity index is 782. The van der Waals surface area contributed by atoms with E-state index in [4.69, 9.17) is 28.2 Å². The zero-order chi connectivity index (χ0) is 18.2. The van der Waals surface area contributed by atoms with Gasteiger partial charge in [-0.2, -0.15) is 0 Å². The zero-order valence-electron chi connectivity index (χ0n) is 14.8. The number of hydrogen-bond donors (Lipinski definition) is 1. The van der Waals surface area contributed by atoms with Gasteiger partial charge in [-0.05, 0) is 31.2 Å². The molecule has 1 fully saturated rings. The molecule has 1 aromatic heterocycles. The molecule has 0 bridgehead atoms. The minimum absolute atomic E-state index is 0.159. The van der Waals surface area contributed by atoms with Crippen molar-refractivity contribution in [3.8, 4) is 11.3 Å². The highest BCUT2D eigenvalue weighted by Crippen LogP contribution is 2.36. The molecule has 0 saturated carbocycles. The molecule has 0 aliphatic carbocycles. The van der Waals surface area contributed by atoms with Crippen molar-refractivity contribution in [1.29, 1.82) is 0 Å². The topological polar surface area (TPSA) is 49.2 Å². The first kappa shape index (κ1) is 18.4. The third kappa shape index (κ3) is 3.76. The summed E-state index contributed by atoms with van der Waals surface area (Å²) in [6.45, 7) is 8.18. The molecule has 0 unspecified atom stereocenters. The Morgan fingerprint density at radius 2 is 1.84 bits per heavy atom. The Hall–Kier alpha value is -1.36. The minimum atomic E-state index is -0.159. The van der Waals surface area contributed by atoms with Crippen molar-refractivity contribution in [2.24, 2.45) is 5.41 Å². The number of anilines is 1. The van der Waals surface area contributed by atoms with Crippen LogP contribution in [-0.4, -0.2) is 28.2 Å². The van der Waals surface area contributed by atoms with E-state index in [1.165, 1.54) is 0 Å². The van der Waals surface area contributed by atoms with E-state index in [1.54, 1.807) is 6.07 Å². The SMILES string of the molecule is Cc1nc(N2CCC(C)(C)CC2)c(CO)nc1-c1cccc(Cl)c1Cl. The summed E-state index contributed by atoms with van der Waals surface area (Å²) in [6, 6.07) is 5.45. The highest BCUT2D eigenvalue weighted by molar-refractivity contribution is 6.43. The van der Waals surface area contributed by atoms with Gasteiger partial charge in [0.15, 0.2) is 5.82 Å². The van der Waals surface area contributed by atoms with Crippen molar-refractivity contribution in [1.82, 2.24) is 9.97 Å². The fourth-order valence-electron chi connectivity index (χ4n) is 3.17. The van der Waals surface area contributed by atoms with Gasteiger partial charge in [0.1, 0.15) is 5.69 Å². The van der Waals surface area contributed by atoms with Crippen molar-refractivity contribution in [3.05, 3.63) is 39.6 Å². The molecule has 3 rings (SSSR count). The average molecular weight is 380 g/mol. The van der Waals surface area contributed by atoms with E-state index in [9.17, 15) is 5.11 Å². The molecule has 1 saturated heterocycles. The molecule has 1 aromatic carbocycles. The summed E-state index contributed by atoms with van der Waals surface area (Å²) in [6.07, 6.45) is 2.20. The summed E-state index contributed by atoms with van der Waals surface area (Å²) < 4.78 is 0. The van der Waals surface area contributed by atoms with Crippen LogP contribution in [0.3, 0.4) is 0 Å². The molecule has 2 heterocycles. The van der Waals surface area contributed by atoms with Crippen LogP contribution < -0.4 is 4.90 Å². The largest absolute Gasteiger partial charge is 0.390 e. The standard InChI is InChI=1S/C19H23Cl2N3O/c1-12-17(13-5-4-6-14(20)16(13)21)23-15(11-25)18(22-12)24-9-7-19(2,3)8-10-24/h4-6,25H,7-11H2,1-3H3. The van der Waals surface area contributed by atoms with Crippen molar-refractivity contribution < 1.29 is 5.11 Å². The molecule has 134 valence electrons. The lowest BCUT2D eigenvalue weighted by Gasteiger charge is -2.38. The number of rotatable bonds is 3. The van der Waals surface area contributed by atoms with Crippen LogP contribution in [-0.2, 0) is 6.61 Å². The Balaban J connectivity index is 2.01. The molecule has 1 N–H and O–H groups in total. The summed E-state index contributed by atoms with van der Waals surface area (Å²) in [4.78, 5) is 11.7. The summed E-state index contributed by atoms with van der Waals surface area (Å²) in [5.74, 6) is 0.775. The lowest BCUT2D eigenvalue weighted by atomic mass is 9.82. The van der Waals surface area contributed by atoms with Gasteiger partial charge < -0.3 is 10.0 Å². The van der Waals surface area contributed by atoms with Crippen LogP contribution in [0, 0.1) is 12.3 Å². The van der Waals surface area contributed by atoms with Crippen LogP contribution in [0.5, 0.6) is 0 Å². The maximum absolute atomic E-state index is 9.85. The monoisotopic (exact) mass is 379 g/mol. The van der Waals surface area contributed by atoms with E-state index < -0.39 is 0 Å². The summed E-state index contributed by atoms with van der Waals surface area (Å²) in [5, 5.41) is 10.8. The van der Waals surface area contributed by atoms with Gasteiger partial charge in [-0.3, -0.25) is 0 Å². The van der Waals surface area contributed by atoms with Crippen LogP contribution in [0.15, 0.2) is 18.2 Å². The van der Waals surface area contributed by atoms with Gasteiger partial charge in [0, 0.05) is 18.7 Å². The smallest absolute Gasteiger partial charge is 0.153 e. The first-order valence-electron chi connectivity index (χ1n) is 8.50. The second-order valence-electron chi connectivity index (χ2n) is 7.34. The molecule has 0 amide bonds. The molecule has 2 aromatic rings. The minimum Gasteiger partial charge on any atom is -0.390 e. The number of aromatic nitrogens is 2. The van der Waals surface area contributed by atoms with Gasteiger partial charge in [0.25, 0.3) is 0 Å². The number of aliphatic hydroxyl groups is 1. The maximum atomic E-state index is 9.85.